The van der Waals surface area contributed by atoms with Gasteiger partial charge in [-0.1, -0.05) is 20.2 Å². The molecule has 1 atom stereocenters. The summed E-state index contributed by atoms with van der Waals surface area (Å²) in [7, 11) is 0. The second-order valence-corrected chi connectivity index (χ2v) is 4.06. The summed E-state index contributed by atoms with van der Waals surface area (Å²) in [6.45, 7) is 2.16. The smallest absolute Gasteiger partial charge is 0.407 e. The Balaban J connectivity index is 4.66. The summed E-state index contributed by atoms with van der Waals surface area (Å²) in [4.78, 5) is 11.3. The van der Waals surface area contributed by atoms with Gasteiger partial charge in [0.1, 0.15) is 6.61 Å². The third kappa shape index (κ3) is 6.33. The predicted molar refractivity (Wildman–Crippen MR) is 59.7 cm³/mol. The summed E-state index contributed by atoms with van der Waals surface area (Å²) in [5.74, 6) is 0. The van der Waals surface area contributed by atoms with Crippen molar-refractivity contribution in [2.75, 3.05) is 13.2 Å². The lowest BCUT2D eigenvalue weighted by atomic mass is 9.88. The number of amides is 1. The molecule has 0 aromatic rings. The Labute approximate surface area is 96.2 Å². The van der Waals surface area contributed by atoms with E-state index in [1.807, 2.05) is 6.92 Å². The first-order valence-electron chi connectivity index (χ1n) is 6.72. The van der Waals surface area contributed by atoms with Gasteiger partial charge in [0.15, 0.2) is 0 Å². The minimum atomic E-state index is -2.37. The molecule has 4 heteroatoms. The Hall–Kier alpha value is -0.770. The Morgan fingerprint density at radius 1 is 1.67 bits per heavy atom. The van der Waals surface area contributed by atoms with Gasteiger partial charge in [0.2, 0.25) is 0 Å². The molecule has 0 spiro atoms. The van der Waals surface area contributed by atoms with Gasteiger partial charge < -0.3 is 15.2 Å². The molecule has 0 heterocycles. The highest BCUT2D eigenvalue weighted by Gasteiger charge is 2.24. The average Bonchev–Trinajstić information content (AvgIpc) is 2.21. The first-order chi connectivity index (χ1) is 8.18. The van der Waals surface area contributed by atoms with Crippen molar-refractivity contribution < 1.29 is 18.8 Å². The number of hydrogen-bond acceptors (Lipinski definition) is 3. The van der Waals surface area contributed by atoms with Crippen LogP contribution in [0.5, 0.6) is 0 Å². The van der Waals surface area contributed by atoms with Gasteiger partial charge in [-0.3, -0.25) is 0 Å². The van der Waals surface area contributed by atoms with Gasteiger partial charge in [-0.25, -0.2) is 4.79 Å². The van der Waals surface area contributed by atoms with Crippen LogP contribution in [0.3, 0.4) is 0 Å². The second-order valence-electron chi connectivity index (χ2n) is 4.06. The molecule has 0 aromatic carbocycles. The van der Waals surface area contributed by atoms with E-state index in [2.05, 4.69) is 5.32 Å². The van der Waals surface area contributed by atoms with Gasteiger partial charge in [0, 0.05) is 15.6 Å². The van der Waals surface area contributed by atoms with E-state index in [-0.39, 0.29) is 19.1 Å². The fraction of sp³-hybridized carbons (Fsp3) is 0.909. The number of carbonyl (C=O) groups excluding carboxylic acids is 1. The lowest BCUT2D eigenvalue weighted by molar-refractivity contribution is 0.0427. The highest BCUT2D eigenvalue weighted by molar-refractivity contribution is 5.67. The van der Waals surface area contributed by atoms with Crippen LogP contribution < -0.4 is 5.32 Å². The van der Waals surface area contributed by atoms with E-state index in [0.29, 0.717) is 6.42 Å². The molecule has 0 bridgehead atoms. The van der Waals surface area contributed by atoms with Gasteiger partial charge in [-0.2, -0.15) is 0 Å². The molecule has 0 fully saturated rings. The van der Waals surface area contributed by atoms with Gasteiger partial charge in [-0.05, 0) is 20.3 Å². The topological polar surface area (TPSA) is 58.6 Å². The summed E-state index contributed by atoms with van der Waals surface area (Å²) >= 11 is 0. The van der Waals surface area contributed by atoms with Gasteiger partial charge >= 0.3 is 6.09 Å². The molecule has 0 rings (SSSR count). The number of ether oxygens (including phenoxy) is 1. The number of nitrogens with one attached hydrogen (secondary N) is 1. The van der Waals surface area contributed by atoms with Crippen LogP contribution in [-0.4, -0.2) is 30.5 Å². The molecule has 0 saturated carbocycles. The van der Waals surface area contributed by atoms with E-state index in [9.17, 15) is 9.90 Å². The van der Waals surface area contributed by atoms with Gasteiger partial charge in [-0.15, -0.1) is 0 Å². The van der Waals surface area contributed by atoms with Crippen LogP contribution in [0.15, 0.2) is 0 Å². The third-order valence-corrected chi connectivity index (χ3v) is 1.92. The van der Waals surface area contributed by atoms with E-state index in [1.165, 1.54) is 0 Å². The van der Waals surface area contributed by atoms with Crippen LogP contribution in [0.25, 0.3) is 0 Å². The fourth-order valence-electron chi connectivity index (χ4n) is 1.16. The number of alkyl carbamates (subject to hydrolysis) is 1. The van der Waals surface area contributed by atoms with Crippen molar-refractivity contribution in [3.05, 3.63) is 0 Å². The van der Waals surface area contributed by atoms with Crippen LogP contribution in [0, 0.1) is 5.41 Å². The number of aliphatic hydroxyl groups is 1. The maximum atomic E-state index is 11.3. The zero-order valence-electron chi connectivity index (χ0n) is 12.7. The monoisotopic (exact) mass is 220 g/mol. The number of rotatable bonds is 6. The van der Waals surface area contributed by atoms with Crippen LogP contribution in [0.2, 0.25) is 0 Å². The SMILES string of the molecule is [2H]C([2H])([2H])C(CO)(CCC)COC(=O)NC(C)C. The maximum absolute atomic E-state index is 11.3. The minimum absolute atomic E-state index is 0.0834. The van der Waals surface area contributed by atoms with Crippen LogP contribution in [0.4, 0.5) is 4.79 Å². The first kappa shape index (κ1) is 9.46. The lowest BCUT2D eigenvalue weighted by Crippen LogP contribution is -2.35. The largest absolute Gasteiger partial charge is 0.449 e. The van der Waals surface area contributed by atoms with Crippen molar-refractivity contribution in [3.63, 3.8) is 0 Å². The predicted octanol–water partition coefficient (Wildman–Crippen LogP) is 1.92. The van der Waals surface area contributed by atoms with Crippen molar-refractivity contribution in [1.29, 1.82) is 0 Å². The Bertz CT molecular complexity index is 269. The molecular weight excluding hydrogens is 194 g/mol. The van der Waals surface area contributed by atoms with E-state index in [0.717, 1.165) is 0 Å². The fourth-order valence-corrected chi connectivity index (χ4v) is 1.16. The molecule has 15 heavy (non-hydrogen) atoms. The Morgan fingerprint density at radius 2 is 2.33 bits per heavy atom. The van der Waals surface area contributed by atoms with Crippen LogP contribution >= 0.6 is 0 Å². The second kappa shape index (κ2) is 6.67. The Kier molecular flexibility index (Phi) is 4.20. The molecule has 1 unspecified atom stereocenters. The Morgan fingerprint density at radius 3 is 2.73 bits per heavy atom. The van der Waals surface area contributed by atoms with Crippen molar-refractivity contribution in [1.82, 2.24) is 5.32 Å². The van der Waals surface area contributed by atoms with Crippen LogP contribution in [0.1, 0.15) is 44.6 Å². The molecule has 2 N–H and O–H groups in total. The maximum Gasteiger partial charge on any atom is 0.407 e. The molecule has 0 saturated heterocycles. The molecule has 0 aliphatic heterocycles. The highest BCUT2D eigenvalue weighted by Crippen LogP contribution is 2.22. The molecule has 90 valence electrons. The molecular formula is C11H23NO3. The molecule has 0 radical (unpaired) electrons. The summed E-state index contributed by atoms with van der Waals surface area (Å²) in [5.41, 5.74) is -1.38. The summed E-state index contributed by atoms with van der Waals surface area (Å²) in [6, 6.07) is -0.0834. The molecule has 1 amide bonds. The number of carbonyl (C=O) groups is 1. The van der Waals surface area contributed by atoms with Crippen molar-refractivity contribution >= 4 is 6.09 Å². The molecule has 0 aromatic heterocycles. The number of hydrogen-bond donors (Lipinski definition) is 2. The normalized spacial score (nSPS) is 18.6. The molecule has 4 nitrogen and oxygen atoms in total. The average molecular weight is 220 g/mol. The lowest BCUT2D eigenvalue weighted by Gasteiger charge is -2.26. The minimum Gasteiger partial charge on any atom is -0.449 e. The van der Waals surface area contributed by atoms with E-state index < -0.39 is 25.0 Å². The standard InChI is InChI=1S/C11H23NO3/c1-5-6-11(4,7-13)8-15-10(14)12-9(2)3/h9,13H,5-8H2,1-4H3,(H,12,14)/i4D3. The summed E-state index contributed by atoms with van der Waals surface area (Å²) < 4.78 is 27.4. The first-order valence-corrected chi connectivity index (χ1v) is 5.22. The number of aliphatic hydroxyl groups excluding tert-OH is 1. The van der Waals surface area contributed by atoms with Crippen molar-refractivity contribution in [3.8, 4) is 0 Å². The molecule has 0 aliphatic carbocycles. The van der Waals surface area contributed by atoms with E-state index in [1.54, 1.807) is 13.8 Å². The quantitative estimate of drug-likeness (QED) is 0.719. The van der Waals surface area contributed by atoms with Crippen LogP contribution in [-0.2, 0) is 4.74 Å². The highest BCUT2D eigenvalue weighted by atomic mass is 16.5. The van der Waals surface area contributed by atoms with Crippen molar-refractivity contribution in [2.45, 2.75) is 46.5 Å². The van der Waals surface area contributed by atoms with E-state index >= 15 is 0 Å². The summed E-state index contributed by atoms with van der Waals surface area (Å²) in [6.07, 6.45) is 0.200. The third-order valence-electron chi connectivity index (χ3n) is 1.92. The van der Waals surface area contributed by atoms with Gasteiger partial charge in [0.05, 0.1) is 6.61 Å². The zero-order valence-corrected chi connectivity index (χ0v) is 9.67. The van der Waals surface area contributed by atoms with E-state index in [4.69, 9.17) is 8.85 Å². The molecule has 0 aliphatic rings. The summed E-state index contributed by atoms with van der Waals surface area (Å²) in [5, 5.41) is 11.9. The zero-order chi connectivity index (χ0) is 14.4. The van der Waals surface area contributed by atoms with Crippen molar-refractivity contribution in [2.24, 2.45) is 5.41 Å². The van der Waals surface area contributed by atoms with Gasteiger partial charge in [0.25, 0.3) is 0 Å².